The maximum absolute atomic E-state index is 3.99. The molecule has 0 aromatic heterocycles. The fraction of sp³-hybridized carbons (Fsp3) is 0.739. The van der Waals surface area contributed by atoms with Crippen LogP contribution in [0.5, 0.6) is 0 Å². The second-order valence-electron chi connectivity index (χ2n) is 9.34. The standard InChI is InChI=1S/C23H38BN/c1-6-9-19-12-14-21(16-19)24(25(17(2)3)18(4)5)23-15-13-20-10-7-8-11-22(20)23/h6-8,10-11,17-23H,1,9,12-16H2,2-5H3. The normalized spacial score (nSPS) is 34.3. The van der Waals surface area contributed by atoms with Crippen LogP contribution in [0.4, 0.5) is 0 Å². The van der Waals surface area contributed by atoms with Crippen molar-refractivity contribution in [1.82, 2.24) is 4.81 Å². The highest BCUT2D eigenvalue weighted by molar-refractivity contribution is 6.59. The van der Waals surface area contributed by atoms with Crippen molar-refractivity contribution in [3.8, 4) is 0 Å². The lowest BCUT2D eigenvalue weighted by atomic mass is 9.38. The quantitative estimate of drug-likeness (QED) is 0.385. The van der Waals surface area contributed by atoms with E-state index in [-0.39, 0.29) is 0 Å². The van der Waals surface area contributed by atoms with E-state index in [1.807, 2.05) is 0 Å². The number of nitrogens with zero attached hydrogens (tertiary/aromatic N) is 1. The molecule has 2 fully saturated rings. The van der Waals surface area contributed by atoms with Gasteiger partial charge in [0.15, 0.2) is 0 Å². The van der Waals surface area contributed by atoms with E-state index in [0.29, 0.717) is 12.1 Å². The first-order chi connectivity index (χ1) is 12.0. The molecule has 2 heteroatoms. The van der Waals surface area contributed by atoms with Gasteiger partial charge in [0.25, 0.3) is 0 Å². The van der Waals surface area contributed by atoms with E-state index in [1.54, 1.807) is 0 Å². The summed E-state index contributed by atoms with van der Waals surface area (Å²) < 4.78 is 0. The molecule has 0 radical (unpaired) electrons. The Hall–Kier alpha value is -0.755. The first kappa shape index (κ1) is 19.0. The minimum atomic E-state index is 0.630. The van der Waals surface area contributed by atoms with Gasteiger partial charge in [0.05, 0.1) is 0 Å². The predicted molar refractivity (Wildman–Crippen MR) is 112 cm³/mol. The molecule has 0 amide bonds. The number of allylic oxidation sites excluding steroid dienone is 5. The molecule has 138 valence electrons. The number of rotatable bonds is 7. The summed E-state index contributed by atoms with van der Waals surface area (Å²) in [6.07, 6.45) is 20.0. The minimum absolute atomic E-state index is 0.630. The lowest BCUT2D eigenvalue weighted by Gasteiger charge is -2.44. The van der Waals surface area contributed by atoms with Gasteiger partial charge in [-0.2, -0.15) is 0 Å². The highest BCUT2D eigenvalue weighted by Crippen LogP contribution is 2.53. The first-order valence-electron chi connectivity index (χ1n) is 10.8. The Morgan fingerprint density at radius 1 is 1.04 bits per heavy atom. The molecule has 5 unspecified atom stereocenters. The van der Waals surface area contributed by atoms with Crippen LogP contribution in [0.2, 0.25) is 11.6 Å². The Morgan fingerprint density at radius 2 is 1.76 bits per heavy atom. The van der Waals surface area contributed by atoms with Crippen molar-refractivity contribution < 1.29 is 0 Å². The zero-order valence-electron chi connectivity index (χ0n) is 16.9. The molecule has 2 saturated carbocycles. The molecular formula is C23H38BN. The van der Waals surface area contributed by atoms with Crippen LogP contribution in [-0.2, 0) is 0 Å². The van der Waals surface area contributed by atoms with E-state index in [1.165, 1.54) is 38.5 Å². The summed E-state index contributed by atoms with van der Waals surface area (Å²) in [5, 5.41) is 0. The first-order valence-corrected chi connectivity index (χ1v) is 10.8. The monoisotopic (exact) mass is 339 g/mol. The largest absolute Gasteiger partial charge is 0.337 e. The van der Waals surface area contributed by atoms with Gasteiger partial charge in [-0.3, -0.25) is 0 Å². The molecule has 0 heterocycles. The molecule has 0 bridgehead atoms. The Kier molecular flexibility index (Phi) is 6.31. The van der Waals surface area contributed by atoms with Gasteiger partial charge in [0.1, 0.15) is 0 Å². The SMILES string of the molecule is C=CCC1CCC(B(C2CCC3C=CC=CC32)N(C(C)C)C(C)C)C1. The van der Waals surface area contributed by atoms with Gasteiger partial charge in [-0.05, 0) is 54.3 Å². The lowest BCUT2D eigenvalue weighted by Crippen LogP contribution is -2.53. The molecule has 0 aromatic rings. The van der Waals surface area contributed by atoms with Crippen LogP contribution >= 0.6 is 0 Å². The van der Waals surface area contributed by atoms with Gasteiger partial charge >= 0.3 is 0 Å². The van der Waals surface area contributed by atoms with Gasteiger partial charge < -0.3 is 4.81 Å². The Labute approximate surface area is 156 Å². The molecule has 0 saturated heterocycles. The Morgan fingerprint density at radius 3 is 2.44 bits per heavy atom. The lowest BCUT2D eigenvalue weighted by molar-refractivity contribution is 0.286. The molecule has 3 aliphatic carbocycles. The summed E-state index contributed by atoms with van der Waals surface area (Å²) in [6.45, 7) is 14.4. The second kappa shape index (κ2) is 8.29. The van der Waals surface area contributed by atoms with E-state index >= 15 is 0 Å². The number of hydrogen-bond acceptors (Lipinski definition) is 1. The van der Waals surface area contributed by atoms with Crippen molar-refractivity contribution in [3.63, 3.8) is 0 Å². The molecule has 0 aliphatic heterocycles. The maximum Gasteiger partial charge on any atom is 0.230 e. The second-order valence-corrected chi connectivity index (χ2v) is 9.34. The van der Waals surface area contributed by atoms with Gasteiger partial charge in [-0.15, -0.1) is 6.58 Å². The van der Waals surface area contributed by atoms with Crippen LogP contribution in [0.3, 0.4) is 0 Å². The van der Waals surface area contributed by atoms with Crippen molar-refractivity contribution >= 4 is 6.85 Å². The van der Waals surface area contributed by atoms with Crippen LogP contribution in [0, 0.1) is 17.8 Å². The summed E-state index contributed by atoms with van der Waals surface area (Å²) >= 11 is 0. The molecule has 3 rings (SSSR count). The zero-order valence-corrected chi connectivity index (χ0v) is 16.9. The van der Waals surface area contributed by atoms with Crippen LogP contribution in [0.15, 0.2) is 37.0 Å². The van der Waals surface area contributed by atoms with Crippen molar-refractivity contribution in [2.24, 2.45) is 17.8 Å². The van der Waals surface area contributed by atoms with Crippen LogP contribution in [0.25, 0.3) is 0 Å². The average molecular weight is 339 g/mol. The topological polar surface area (TPSA) is 3.24 Å². The van der Waals surface area contributed by atoms with E-state index in [9.17, 15) is 0 Å². The summed E-state index contributed by atoms with van der Waals surface area (Å²) in [6, 6.07) is 1.26. The summed E-state index contributed by atoms with van der Waals surface area (Å²) in [5.74, 6) is 4.16. The molecule has 0 aromatic carbocycles. The summed E-state index contributed by atoms with van der Waals surface area (Å²) in [4.78, 5) is 2.88. The van der Waals surface area contributed by atoms with Gasteiger partial charge in [0.2, 0.25) is 6.85 Å². The third kappa shape index (κ3) is 4.00. The van der Waals surface area contributed by atoms with E-state index in [2.05, 4.69) is 69.5 Å². The van der Waals surface area contributed by atoms with Gasteiger partial charge in [-0.1, -0.05) is 83.8 Å². The number of fused-ring (bicyclic) bond motifs is 1. The van der Waals surface area contributed by atoms with Crippen molar-refractivity contribution in [3.05, 3.63) is 37.0 Å². The third-order valence-corrected chi connectivity index (χ3v) is 7.17. The molecule has 0 N–H and O–H groups in total. The van der Waals surface area contributed by atoms with Crippen molar-refractivity contribution in [2.45, 2.75) is 89.9 Å². The summed E-state index contributed by atoms with van der Waals surface area (Å²) in [5.41, 5.74) is 0. The highest BCUT2D eigenvalue weighted by Gasteiger charge is 2.48. The number of hydrogen-bond donors (Lipinski definition) is 0. The summed E-state index contributed by atoms with van der Waals surface area (Å²) in [7, 11) is 0. The fourth-order valence-corrected chi connectivity index (χ4v) is 6.37. The van der Waals surface area contributed by atoms with Crippen LogP contribution in [0.1, 0.15) is 66.2 Å². The van der Waals surface area contributed by atoms with E-state index in [4.69, 9.17) is 0 Å². The van der Waals surface area contributed by atoms with Crippen molar-refractivity contribution in [1.29, 1.82) is 0 Å². The van der Waals surface area contributed by atoms with Crippen LogP contribution < -0.4 is 0 Å². The minimum Gasteiger partial charge on any atom is -0.337 e. The Bertz CT molecular complexity index is 498. The fourth-order valence-electron chi connectivity index (χ4n) is 6.37. The van der Waals surface area contributed by atoms with Crippen LogP contribution in [-0.4, -0.2) is 23.7 Å². The van der Waals surface area contributed by atoms with E-state index in [0.717, 1.165) is 36.2 Å². The molecular weight excluding hydrogens is 301 g/mol. The average Bonchev–Trinajstić information content (AvgIpc) is 3.19. The van der Waals surface area contributed by atoms with Gasteiger partial charge in [0, 0.05) is 0 Å². The molecule has 25 heavy (non-hydrogen) atoms. The molecule has 1 nitrogen and oxygen atoms in total. The van der Waals surface area contributed by atoms with Crippen molar-refractivity contribution in [2.75, 3.05) is 0 Å². The third-order valence-electron chi connectivity index (χ3n) is 7.17. The smallest absolute Gasteiger partial charge is 0.230 e. The zero-order chi connectivity index (χ0) is 18.0. The molecule has 5 atom stereocenters. The molecule has 0 spiro atoms. The highest BCUT2D eigenvalue weighted by atomic mass is 15.1. The van der Waals surface area contributed by atoms with E-state index < -0.39 is 0 Å². The van der Waals surface area contributed by atoms with Gasteiger partial charge in [-0.25, -0.2) is 0 Å². The Balaban J connectivity index is 1.85. The predicted octanol–water partition coefficient (Wildman–Crippen LogP) is 6.37. The maximum atomic E-state index is 3.99. The molecule has 3 aliphatic rings.